The Hall–Kier alpha value is -0.610. The lowest BCUT2D eigenvalue weighted by Gasteiger charge is -2.31. The van der Waals surface area contributed by atoms with Crippen LogP contribution < -0.4 is 11.1 Å². The summed E-state index contributed by atoms with van der Waals surface area (Å²) in [4.78, 5) is 12.0. The minimum Gasteiger partial charge on any atom is -0.376 e. The maximum atomic E-state index is 12.0. The zero-order chi connectivity index (χ0) is 12.3. The standard InChI is InChI=1S/C13H24N2O2/c1-9-7-10(4-5-12(9)14)13(16)15-8-11-3-2-6-17-11/h9-12H,2-8,14H2,1H3,(H,15,16). The Kier molecular flexibility index (Phi) is 4.40. The maximum absolute atomic E-state index is 12.0. The van der Waals surface area contributed by atoms with E-state index in [1.54, 1.807) is 0 Å². The van der Waals surface area contributed by atoms with Gasteiger partial charge in [-0.15, -0.1) is 0 Å². The van der Waals surface area contributed by atoms with E-state index in [2.05, 4.69) is 12.2 Å². The summed E-state index contributed by atoms with van der Waals surface area (Å²) in [6, 6.07) is 0.275. The number of nitrogens with one attached hydrogen (secondary N) is 1. The molecule has 0 aromatic carbocycles. The Morgan fingerprint density at radius 1 is 1.41 bits per heavy atom. The quantitative estimate of drug-likeness (QED) is 0.775. The van der Waals surface area contributed by atoms with Gasteiger partial charge in [0.15, 0.2) is 0 Å². The number of hydrogen-bond donors (Lipinski definition) is 2. The Balaban J connectivity index is 1.72. The summed E-state index contributed by atoms with van der Waals surface area (Å²) in [6.07, 6.45) is 5.27. The molecule has 1 saturated carbocycles. The van der Waals surface area contributed by atoms with Crippen molar-refractivity contribution < 1.29 is 9.53 Å². The molecule has 3 N–H and O–H groups in total. The van der Waals surface area contributed by atoms with Crippen LogP contribution in [0.25, 0.3) is 0 Å². The number of ether oxygens (including phenoxy) is 1. The Bertz CT molecular complexity index is 264. The topological polar surface area (TPSA) is 64.3 Å². The molecule has 2 fully saturated rings. The predicted octanol–water partition coefficient (Wildman–Crippen LogP) is 1.05. The Morgan fingerprint density at radius 2 is 2.24 bits per heavy atom. The van der Waals surface area contributed by atoms with Crippen LogP contribution in [0.3, 0.4) is 0 Å². The maximum Gasteiger partial charge on any atom is 0.223 e. The second-order valence-electron chi connectivity index (χ2n) is 5.53. The van der Waals surface area contributed by atoms with E-state index in [1.165, 1.54) is 0 Å². The van der Waals surface area contributed by atoms with E-state index in [1.807, 2.05) is 0 Å². The van der Waals surface area contributed by atoms with Crippen LogP contribution in [0.1, 0.15) is 39.0 Å². The van der Waals surface area contributed by atoms with Gasteiger partial charge < -0.3 is 15.8 Å². The van der Waals surface area contributed by atoms with Crippen molar-refractivity contribution in [2.24, 2.45) is 17.6 Å². The van der Waals surface area contributed by atoms with Crippen molar-refractivity contribution in [1.82, 2.24) is 5.32 Å². The van der Waals surface area contributed by atoms with Gasteiger partial charge in [-0.3, -0.25) is 4.79 Å². The van der Waals surface area contributed by atoms with Crippen LogP contribution in [0.15, 0.2) is 0 Å². The average Bonchev–Trinajstić information content (AvgIpc) is 2.82. The van der Waals surface area contributed by atoms with Crippen LogP contribution in [-0.2, 0) is 9.53 Å². The fourth-order valence-electron chi connectivity index (χ4n) is 2.82. The minimum atomic E-state index is 0.159. The van der Waals surface area contributed by atoms with Gasteiger partial charge in [0.05, 0.1) is 6.10 Å². The summed E-state index contributed by atoms with van der Waals surface area (Å²) in [7, 11) is 0. The van der Waals surface area contributed by atoms with Gasteiger partial charge in [-0.1, -0.05) is 6.92 Å². The highest BCUT2D eigenvalue weighted by Gasteiger charge is 2.29. The summed E-state index contributed by atoms with van der Waals surface area (Å²) in [5, 5.41) is 3.02. The van der Waals surface area contributed by atoms with E-state index in [0.29, 0.717) is 12.5 Å². The zero-order valence-electron chi connectivity index (χ0n) is 10.7. The first-order valence-corrected chi connectivity index (χ1v) is 6.81. The Morgan fingerprint density at radius 3 is 2.88 bits per heavy atom. The molecule has 4 nitrogen and oxygen atoms in total. The van der Waals surface area contributed by atoms with Gasteiger partial charge in [0.2, 0.25) is 5.91 Å². The number of nitrogens with two attached hydrogens (primary N) is 1. The first-order valence-electron chi connectivity index (χ1n) is 6.81. The number of carbonyl (C=O) groups is 1. The van der Waals surface area contributed by atoms with Gasteiger partial charge in [-0.25, -0.2) is 0 Å². The van der Waals surface area contributed by atoms with Crippen molar-refractivity contribution in [2.75, 3.05) is 13.2 Å². The van der Waals surface area contributed by atoms with Crippen LogP contribution in [0.4, 0.5) is 0 Å². The molecule has 98 valence electrons. The van der Waals surface area contributed by atoms with E-state index < -0.39 is 0 Å². The first-order chi connectivity index (χ1) is 8.16. The van der Waals surface area contributed by atoms with Crippen molar-refractivity contribution in [3.05, 3.63) is 0 Å². The van der Waals surface area contributed by atoms with Gasteiger partial charge in [-0.05, 0) is 38.0 Å². The van der Waals surface area contributed by atoms with Gasteiger partial charge in [0, 0.05) is 25.1 Å². The summed E-state index contributed by atoms with van der Waals surface area (Å²) in [5.74, 6) is 0.813. The largest absolute Gasteiger partial charge is 0.376 e. The van der Waals surface area contributed by atoms with Crippen molar-refractivity contribution >= 4 is 5.91 Å². The number of carbonyl (C=O) groups excluding carboxylic acids is 1. The van der Waals surface area contributed by atoms with Crippen molar-refractivity contribution in [3.63, 3.8) is 0 Å². The van der Waals surface area contributed by atoms with E-state index in [9.17, 15) is 4.79 Å². The summed E-state index contributed by atoms with van der Waals surface area (Å²) >= 11 is 0. The van der Waals surface area contributed by atoms with Gasteiger partial charge in [0.1, 0.15) is 0 Å². The van der Waals surface area contributed by atoms with Crippen molar-refractivity contribution in [2.45, 2.75) is 51.2 Å². The third kappa shape index (κ3) is 3.42. The third-order valence-electron chi connectivity index (χ3n) is 4.13. The molecule has 4 heteroatoms. The molecule has 1 saturated heterocycles. The second-order valence-corrected chi connectivity index (χ2v) is 5.53. The molecular weight excluding hydrogens is 216 g/mol. The molecule has 1 heterocycles. The molecule has 4 unspecified atom stereocenters. The van der Waals surface area contributed by atoms with E-state index >= 15 is 0 Å². The monoisotopic (exact) mass is 240 g/mol. The number of hydrogen-bond acceptors (Lipinski definition) is 3. The van der Waals surface area contributed by atoms with Gasteiger partial charge >= 0.3 is 0 Å². The third-order valence-corrected chi connectivity index (χ3v) is 4.13. The fraction of sp³-hybridized carbons (Fsp3) is 0.923. The van der Waals surface area contributed by atoms with Crippen LogP contribution in [0.5, 0.6) is 0 Å². The smallest absolute Gasteiger partial charge is 0.223 e. The lowest BCUT2D eigenvalue weighted by molar-refractivity contribution is -0.127. The average molecular weight is 240 g/mol. The SMILES string of the molecule is CC1CC(C(=O)NCC2CCCO2)CCC1N. The van der Waals surface area contributed by atoms with Crippen molar-refractivity contribution in [3.8, 4) is 0 Å². The van der Waals surface area contributed by atoms with Crippen molar-refractivity contribution in [1.29, 1.82) is 0 Å². The van der Waals surface area contributed by atoms with E-state index in [4.69, 9.17) is 10.5 Å². The molecule has 0 bridgehead atoms. The number of rotatable bonds is 3. The normalized spacial score (nSPS) is 38.0. The molecule has 0 radical (unpaired) electrons. The molecule has 4 atom stereocenters. The van der Waals surface area contributed by atoms with Gasteiger partial charge in [-0.2, -0.15) is 0 Å². The highest BCUT2D eigenvalue weighted by molar-refractivity contribution is 5.78. The van der Waals surface area contributed by atoms with Crippen LogP contribution in [-0.4, -0.2) is 31.2 Å². The molecule has 1 amide bonds. The van der Waals surface area contributed by atoms with Crippen LogP contribution in [0, 0.1) is 11.8 Å². The lowest BCUT2D eigenvalue weighted by atomic mass is 9.79. The zero-order valence-corrected chi connectivity index (χ0v) is 10.7. The molecule has 0 aromatic rings. The van der Waals surface area contributed by atoms with E-state index in [-0.39, 0.29) is 24.0 Å². The molecule has 0 aromatic heterocycles. The van der Waals surface area contributed by atoms with E-state index in [0.717, 1.165) is 38.7 Å². The fourth-order valence-corrected chi connectivity index (χ4v) is 2.82. The lowest BCUT2D eigenvalue weighted by Crippen LogP contribution is -2.42. The number of amides is 1. The highest BCUT2D eigenvalue weighted by Crippen LogP contribution is 2.28. The molecule has 17 heavy (non-hydrogen) atoms. The Labute approximate surface area is 103 Å². The van der Waals surface area contributed by atoms with Crippen LogP contribution in [0.2, 0.25) is 0 Å². The molecular formula is C13H24N2O2. The predicted molar refractivity (Wildman–Crippen MR) is 66.5 cm³/mol. The second kappa shape index (κ2) is 5.83. The molecule has 2 rings (SSSR count). The molecule has 1 aliphatic carbocycles. The van der Waals surface area contributed by atoms with Crippen LogP contribution >= 0.6 is 0 Å². The minimum absolute atomic E-state index is 0.159. The summed E-state index contributed by atoms with van der Waals surface area (Å²) in [6.45, 7) is 3.66. The molecule has 1 aliphatic heterocycles. The summed E-state index contributed by atoms with van der Waals surface area (Å²) in [5.41, 5.74) is 5.96. The summed E-state index contributed by atoms with van der Waals surface area (Å²) < 4.78 is 5.49. The van der Waals surface area contributed by atoms with Gasteiger partial charge in [0.25, 0.3) is 0 Å². The molecule has 2 aliphatic rings. The first kappa shape index (κ1) is 12.8. The molecule has 0 spiro atoms. The highest BCUT2D eigenvalue weighted by atomic mass is 16.5.